The van der Waals surface area contributed by atoms with Gasteiger partial charge in [-0.05, 0) is 24.5 Å². The molecule has 1 amide bonds. The second-order valence-corrected chi connectivity index (χ2v) is 5.40. The molecule has 0 bridgehead atoms. The number of nitrogens with zero attached hydrogens (tertiary/aromatic N) is 3. The van der Waals surface area contributed by atoms with Gasteiger partial charge >= 0.3 is 5.97 Å². The number of benzene rings is 1. The lowest BCUT2D eigenvalue weighted by Crippen LogP contribution is -2.41. The van der Waals surface area contributed by atoms with Crippen LogP contribution in [-0.4, -0.2) is 38.0 Å². The zero-order chi connectivity index (χ0) is 15.5. The van der Waals surface area contributed by atoms with E-state index < -0.39 is 17.9 Å². The summed E-state index contributed by atoms with van der Waals surface area (Å²) < 4.78 is 0. The van der Waals surface area contributed by atoms with Gasteiger partial charge in [-0.3, -0.25) is 4.79 Å². The average Bonchev–Trinajstić information content (AvgIpc) is 3.20. The maximum Gasteiger partial charge on any atom is 0.326 e. The van der Waals surface area contributed by atoms with Crippen LogP contribution in [0.25, 0.3) is 5.69 Å². The van der Waals surface area contributed by atoms with Gasteiger partial charge in [0.05, 0.1) is 11.9 Å². The van der Waals surface area contributed by atoms with Gasteiger partial charge < -0.3 is 10.4 Å². The number of aliphatic carboxylic acids is 1. The summed E-state index contributed by atoms with van der Waals surface area (Å²) in [5, 5.41) is 19.8. The van der Waals surface area contributed by atoms with Crippen molar-refractivity contribution in [3.8, 4) is 5.69 Å². The molecule has 0 radical (unpaired) electrons. The van der Waals surface area contributed by atoms with Crippen molar-refractivity contribution in [2.75, 3.05) is 0 Å². The van der Waals surface area contributed by atoms with Crippen molar-refractivity contribution >= 4 is 11.9 Å². The summed E-state index contributed by atoms with van der Waals surface area (Å²) >= 11 is 0. The first-order valence-corrected chi connectivity index (χ1v) is 7.15. The lowest BCUT2D eigenvalue weighted by atomic mass is 10.1. The van der Waals surface area contributed by atoms with Crippen LogP contribution in [0.3, 0.4) is 0 Å². The van der Waals surface area contributed by atoms with Crippen LogP contribution in [0.4, 0.5) is 0 Å². The van der Waals surface area contributed by atoms with E-state index in [1.165, 1.54) is 11.0 Å². The van der Waals surface area contributed by atoms with Crippen LogP contribution < -0.4 is 5.32 Å². The Bertz CT molecular complexity index is 679. The van der Waals surface area contributed by atoms with E-state index in [9.17, 15) is 14.7 Å². The molecule has 2 aromatic rings. The minimum atomic E-state index is -1.02. The van der Waals surface area contributed by atoms with Gasteiger partial charge in [-0.2, -0.15) is 9.90 Å². The number of para-hydroxylation sites is 1. The van der Waals surface area contributed by atoms with Crippen LogP contribution in [0.5, 0.6) is 0 Å². The molecule has 7 nitrogen and oxygen atoms in total. The van der Waals surface area contributed by atoms with Gasteiger partial charge in [-0.1, -0.05) is 31.0 Å². The molecule has 1 aromatic carbocycles. The number of carbonyl (C=O) groups excluding carboxylic acids is 1. The van der Waals surface area contributed by atoms with Crippen molar-refractivity contribution in [1.29, 1.82) is 0 Å². The summed E-state index contributed by atoms with van der Waals surface area (Å²) in [6, 6.07) is 8.31. The Labute approximate surface area is 126 Å². The van der Waals surface area contributed by atoms with E-state index in [0.29, 0.717) is 12.3 Å². The van der Waals surface area contributed by atoms with Gasteiger partial charge in [0.1, 0.15) is 6.04 Å². The van der Waals surface area contributed by atoms with E-state index in [2.05, 4.69) is 15.5 Å². The van der Waals surface area contributed by atoms with Crippen LogP contribution in [0.2, 0.25) is 0 Å². The van der Waals surface area contributed by atoms with E-state index in [-0.39, 0.29) is 5.69 Å². The fourth-order valence-electron chi connectivity index (χ4n) is 2.19. The Morgan fingerprint density at radius 2 is 2.05 bits per heavy atom. The smallest absolute Gasteiger partial charge is 0.326 e. The minimum absolute atomic E-state index is 0.103. The largest absolute Gasteiger partial charge is 0.480 e. The van der Waals surface area contributed by atoms with Crippen molar-refractivity contribution in [2.24, 2.45) is 5.92 Å². The molecule has 3 rings (SSSR count). The number of carboxylic acids is 1. The molecule has 114 valence electrons. The van der Waals surface area contributed by atoms with Gasteiger partial charge in [0.25, 0.3) is 5.91 Å². The number of hydrogen-bond donors (Lipinski definition) is 2. The third-order valence-electron chi connectivity index (χ3n) is 3.58. The summed E-state index contributed by atoms with van der Waals surface area (Å²) in [4.78, 5) is 24.7. The predicted molar refractivity (Wildman–Crippen MR) is 77.6 cm³/mol. The molecule has 1 heterocycles. The first-order valence-electron chi connectivity index (χ1n) is 7.15. The molecule has 2 N–H and O–H groups in total. The molecule has 0 spiro atoms. The standard InChI is InChI=1S/C15H16N4O3/c20-14(17-12(15(21)22)8-10-6-7-10)13-9-16-19(18-13)11-4-2-1-3-5-11/h1-5,9-10,12H,6-8H2,(H,17,20)(H,21,22). The number of hydrogen-bond acceptors (Lipinski definition) is 4. The fourth-order valence-corrected chi connectivity index (χ4v) is 2.19. The predicted octanol–water partition coefficient (Wildman–Crippen LogP) is 1.25. The van der Waals surface area contributed by atoms with Crippen LogP contribution in [0.15, 0.2) is 36.5 Å². The third kappa shape index (κ3) is 3.30. The first kappa shape index (κ1) is 14.2. The normalized spacial score (nSPS) is 15.3. The Morgan fingerprint density at radius 3 is 2.68 bits per heavy atom. The fraction of sp³-hybridized carbons (Fsp3) is 0.333. The van der Waals surface area contributed by atoms with Gasteiger partial charge in [0.2, 0.25) is 0 Å². The van der Waals surface area contributed by atoms with Crippen LogP contribution in [-0.2, 0) is 4.79 Å². The molecule has 22 heavy (non-hydrogen) atoms. The summed E-state index contributed by atoms with van der Waals surface area (Å²) in [7, 11) is 0. The molecule has 1 aliphatic rings. The third-order valence-corrected chi connectivity index (χ3v) is 3.58. The molecule has 1 atom stereocenters. The van der Waals surface area contributed by atoms with Gasteiger partial charge in [0, 0.05) is 0 Å². The highest BCUT2D eigenvalue weighted by atomic mass is 16.4. The summed E-state index contributed by atoms with van der Waals surface area (Å²) in [5.74, 6) is -1.13. The highest BCUT2D eigenvalue weighted by Gasteiger charge is 2.30. The SMILES string of the molecule is O=C(NC(CC1CC1)C(=O)O)c1cnn(-c2ccccc2)n1. The Kier molecular flexibility index (Phi) is 3.86. The number of rotatable bonds is 6. The van der Waals surface area contributed by atoms with Crippen LogP contribution in [0, 0.1) is 5.92 Å². The van der Waals surface area contributed by atoms with Gasteiger partial charge in [0.15, 0.2) is 5.69 Å². The molecule has 7 heteroatoms. The summed E-state index contributed by atoms with van der Waals surface area (Å²) in [6.07, 6.45) is 3.86. The molecule has 1 aromatic heterocycles. The number of aromatic nitrogens is 3. The van der Waals surface area contributed by atoms with Crippen molar-refractivity contribution in [1.82, 2.24) is 20.3 Å². The molecule has 1 aliphatic carbocycles. The van der Waals surface area contributed by atoms with Gasteiger partial charge in [-0.15, -0.1) is 5.10 Å². The molecule has 1 fully saturated rings. The Balaban J connectivity index is 1.69. The zero-order valence-corrected chi connectivity index (χ0v) is 11.8. The van der Waals surface area contributed by atoms with E-state index in [4.69, 9.17) is 0 Å². The van der Waals surface area contributed by atoms with Crippen molar-refractivity contribution in [2.45, 2.75) is 25.3 Å². The zero-order valence-electron chi connectivity index (χ0n) is 11.8. The monoisotopic (exact) mass is 300 g/mol. The van der Waals surface area contributed by atoms with Crippen molar-refractivity contribution in [3.05, 3.63) is 42.2 Å². The number of nitrogens with one attached hydrogen (secondary N) is 1. The lowest BCUT2D eigenvalue weighted by molar-refractivity contribution is -0.139. The minimum Gasteiger partial charge on any atom is -0.480 e. The Morgan fingerprint density at radius 1 is 1.32 bits per heavy atom. The topological polar surface area (TPSA) is 97.1 Å². The average molecular weight is 300 g/mol. The second kappa shape index (κ2) is 5.97. The first-order chi connectivity index (χ1) is 10.6. The van der Waals surface area contributed by atoms with Crippen LogP contribution in [0.1, 0.15) is 29.8 Å². The number of amides is 1. The van der Waals surface area contributed by atoms with E-state index in [1.54, 1.807) is 0 Å². The maximum absolute atomic E-state index is 12.1. The number of carbonyl (C=O) groups is 2. The quantitative estimate of drug-likeness (QED) is 0.837. The molecule has 0 aliphatic heterocycles. The van der Waals surface area contributed by atoms with Crippen molar-refractivity contribution in [3.63, 3.8) is 0 Å². The molecular weight excluding hydrogens is 284 g/mol. The summed E-state index contributed by atoms with van der Waals surface area (Å²) in [5.41, 5.74) is 0.834. The lowest BCUT2D eigenvalue weighted by Gasteiger charge is -2.12. The van der Waals surface area contributed by atoms with Crippen molar-refractivity contribution < 1.29 is 14.7 Å². The van der Waals surface area contributed by atoms with Crippen LogP contribution >= 0.6 is 0 Å². The highest BCUT2D eigenvalue weighted by molar-refractivity contribution is 5.94. The second-order valence-electron chi connectivity index (χ2n) is 5.40. The van der Waals surface area contributed by atoms with E-state index in [1.807, 2.05) is 30.3 Å². The molecule has 1 unspecified atom stereocenters. The summed E-state index contributed by atoms with van der Waals surface area (Å²) in [6.45, 7) is 0. The van der Waals surface area contributed by atoms with Gasteiger partial charge in [-0.25, -0.2) is 4.79 Å². The maximum atomic E-state index is 12.1. The Hall–Kier alpha value is -2.70. The van der Waals surface area contributed by atoms with E-state index in [0.717, 1.165) is 18.5 Å². The van der Waals surface area contributed by atoms with E-state index >= 15 is 0 Å². The molecule has 1 saturated carbocycles. The highest BCUT2D eigenvalue weighted by Crippen LogP contribution is 2.33. The number of carboxylic acid groups (broad SMARTS) is 1. The molecule has 0 saturated heterocycles. The molecular formula is C15H16N4O3.